The number of hydrogen-bond acceptors (Lipinski definition) is 4. The molecule has 0 radical (unpaired) electrons. The standard InChI is InChI=1S/C16H15BN2O3/c20-16-14-7-6-13(17(21)22)10-15(14)18-11-19(16)9-8-12-4-2-1-3-5-12/h1-7,10-11,21-22H,8-9H2. The van der Waals surface area contributed by atoms with Crippen LogP contribution < -0.4 is 11.0 Å². The van der Waals surface area contributed by atoms with E-state index >= 15 is 0 Å². The molecule has 2 aromatic carbocycles. The van der Waals surface area contributed by atoms with Crippen molar-refractivity contribution in [2.24, 2.45) is 0 Å². The monoisotopic (exact) mass is 294 g/mol. The lowest BCUT2D eigenvalue weighted by molar-refractivity contribution is 0.426. The molecule has 0 unspecified atom stereocenters. The van der Waals surface area contributed by atoms with Crippen molar-refractivity contribution >= 4 is 23.5 Å². The molecule has 110 valence electrons. The predicted molar refractivity (Wildman–Crippen MR) is 86.0 cm³/mol. The van der Waals surface area contributed by atoms with Crippen molar-refractivity contribution < 1.29 is 10.0 Å². The molecule has 0 aliphatic rings. The summed E-state index contributed by atoms with van der Waals surface area (Å²) in [7, 11) is -1.56. The van der Waals surface area contributed by atoms with Crippen LogP contribution in [0.5, 0.6) is 0 Å². The lowest BCUT2D eigenvalue weighted by Crippen LogP contribution is -2.30. The van der Waals surface area contributed by atoms with Crippen molar-refractivity contribution in [3.63, 3.8) is 0 Å². The second-order valence-electron chi connectivity index (χ2n) is 5.13. The van der Waals surface area contributed by atoms with Gasteiger partial charge in [-0.25, -0.2) is 4.98 Å². The van der Waals surface area contributed by atoms with E-state index in [4.69, 9.17) is 10.0 Å². The Morgan fingerprint density at radius 2 is 1.86 bits per heavy atom. The summed E-state index contributed by atoms with van der Waals surface area (Å²) in [6, 6.07) is 14.6. The molecule has 0 spiro atoms. The molecule has 3 rings (SSSR count). The van der Waals surface area contributed by atoms with Crippen LogP contribution in [0, 0.1) is 0 Å². The third kappa shape index (κ3) is 2.93. The van der Waals surface area contributed by atoms with Crippen LogP contribution >= 0.6 is 0 Å². The summed E-state index contributed by atoms with van der Waals surface area (Å²) in [4.78, 5) is 16.7. The molecule has 0 saturated carbocycles. The first-order valence-corrected chi connectivity index (χ1v) is 7.04. The van der Waals surface area contributed by atoms with E-state index in [2.05, 4.69) is 4.98 Å². The fourth-order valence-electron chi connectivity index (χ4n) is 2.39. The van der Waals surface area contributed by atoms with E-state index < -0.39 is 7.12 Å². The fraction of sp³-hybridized carbons (Fsp3) is 0.125. The Morgan fingerprint density at radius 1 is 1.09 bits per heavy atom. The van der Waals surface area contributed by atoms with Crippen LogP contribution in [-0.2, 0) is 13.0 Å². The third-order valence-electron chi connectivity index (χ3n) is 3.63. The topological polar surface area (TPSA) is 75.3 Å². The number of rotatable bonds is 4. The lowest BCUT2D eigenvalue weighted by atomic mass is 9.80. The molecule has 5 nitrogen and oxygen atoms in total. The van der Waals surface area contributed by atoms with E-state index in [0.717, 1.165) is 12.0 Å². The van der Waals surface area contributed by atoms with E-state index in [1.807, 2.05) is 30.3 Å². The van der Waals surface area contributed by atoms with Gasteiger partial charge in [-0.1, -0.05) is 36.4 Å². The van der Waals surface area contributed by atoms with Crippen LogP contribution in [0.3, 0.4) is 0 Å². The number of hydrogen-bond donors (Lipinski definition) is 2. The Bertz CT molecular complexity index is 847. The Morgan fingerprint density at radius 3 is 2.59 bits per heavy atom. The van der Waals surface area contributed by atoms with E-state index in [1.54, 1.807) is 10.6 Å². The zero-order valence-corrected chi connectivity index (χ0v) is 11.9. The van der Waals surface area contributed by atoms with Gasteiger partial charge < -0.3 is 10.0 Å². The molecule has 6 heteroatoms. The quantitative estimate of drug-likeness (QED) is 0.680. The highest BCUT2D eigenvalue weighted by molar-refractivity contribution is 6.58. The largest absolute Gasteiger partial charge is 0.488 e. The second-order valence-corrected chi connectivity index (χ2v) is 5.13. The molecule has 0 aliphatic heterocycles. The SMILES string of the molecule is O=c1c2ccc(B(O)O)cc2ncn1CCc1ccccc1. The van der Waals surface area contributed by atoms with Crippen molar-refractivity contribution in [2.75, 3.05) is 0 Å². The van der Waals surface area contributed by atoms with Crippen LogP contribution in [0.2, 0.25) is 0 Å². The van der Waals surface area contributed by atoms with Gasteiger partial charge in [0.15, 0.2) is 0 Å². The van der Waals surface area contributed by atoms with Gasteiger partial charge in [0.2, 0.25) is 0 Å². The normalized spacial score (nSPS) is 10.8. The number of aryl methyl sites for hydroxylation is 2. The second kappa shape index (κ2) is 6.13. The summed E-state index contributed by atoms with van der Waals surface area (Å²) in [5.74, 6) is 0. The van der Waals surface area contributed by atoms with Gasteiger partial charge >= 0.3 is 7.12 Å². The van der Waals surface area contributed by atoms with Crippen LogP contribution in [0.25, 0.3) is 10.9 Å². The maximum atomic E-state index is 12.4. The Labute approximate surface area is 127 Å². The molecule has 1 heterocycles. The maximum Gasteiger partial charge on any atom is 0.488 e. The summed E-state index contributed by atoms with van der Waals surface area (Å²) >= 11 is 0. The summed E-state index contributed by atoms with van der Waals surface area (Å²) in [5, 5.41) is 18.8. The van der Waals surface area contributed by atoms with E-state index in [9.17, 15) is 4.79 Å². The average molecular weight is 294 g/mol. The van der Waals surface area contributed by atoms with E-state index in [1.165, 1.54) is 18.5 Å². The average Bonchev–Trinajstić information content (AvgIpc) is 2.55. The Hall–Kier alpha value is -2.44. The van der Waals surface area contributed by atoms with Gasteiger partial charge in [0.25, 0.3) is 5.56 Å². The minimum Gasteiger partial charge on any atom is -0.423 e. The predicted octanol–water partition coefficient (Wildman–Crippen LogP) is 0.319. The third-order valence-corrected chi connectivity index (χ3v) is 3.63. The maximum absolute atomic E-state index is 12.4. The number of aromatic nitrogens is 2. The Kier molecular flexibility index (Phi) is 4.04. The van der Waals surface area contributed by atoms with Crippen molar-refractivity contribution in [3.05, 3.63) is 70.8 Å². The van der Waals surface area contributed by atoms with Crippen molar-refractivity contribution in [2.45, 2.75) is 13.0 Å². The van der Waals surface area contributed by atoms with Crippen molar-refractivity contribution in [1.29, 1.82) is 0 Å². The first-order valence-electron chi connectivity index (χ1n) is 7.04. The van der Waals surface area contributed by atoms with Crippen LogP contribution in [0.1, 0.15) is 5.56 Å². The lowest BCUT2D eigenvalue weighted by Gasteiger charge is -2.07. The summed E-state index contributed by atoms with van der Waals surface area (Å²) < 4.78 is 1.57. The van der Waals surface area contributed by atoms with E-state index in [0.29, 0.717) is 22.9 Å². The molecule has 22 heavy (non-hydrogen) atoms. The molecule has 1 aromatic heterocycles. The van der Waals surface area contributed by atoms with Gasteiger partial charge in [-0.3, -0.25) is 9.36 Å². The van der Waals surface area contributed by atoms with Crippen molar-refractivity contribution in [1.82, 2.24) is 9.55 Å². The van der Waals surface area contributed by atoms with Crippen LogP contribution in [0.15, 0.2) is 59.7 Å². The number of nitrogens with zero attached hydrogens (tertiary/aromatic N) is 2. The fourth-order valence-corrected chi connectivity index (χ4v) is 2.39. The first-order chi connectivity index (χ1) is 10.6. The molecule has 2 N–H and O–H groups in total. The van der Waals surface area contributed by atoms with Crippen LogP contribution in [0.4, 0.5) is 0 Å². The van der Waals surface area contributed by atoms with Gasteiger partial charge in [-0.05, 0) is 29.6 Å². The molecular weight excluding hydrogens is 279 g/mol. The minimum absolute atomic E-state index is 0.125. The van der Waals surface area contributed by atoms with Gasteiger partial charge in [0.1, 0.15) is 0 Å². The zero-order chi connectivity index (χ0) is 15.5. The molecule has 0 fully saturated rings. The molecule has 0 aliphatic carbocycles. The highest BCUT2D eigenvalue weighted by Gasteiger charge is 2.13. The van der Waals surface area contributed by atoms with Gasteiger partial charge in [-0.2, -0.15) is 0 Å². The number of benzene rings is 2. The Balaban J connectivity index is 1.90. The summed E-state index contributed by atoms with van der Waals surface area (Å²) in [6.07, 6.45) is 2.25. The van der Waals surface area contributed by atoms with E-state index in [-0.39, 0.29) is 5.56 Å². The van der Waals surface area contributed by atoms with Gasteiger partial charge in [-0.15, -0.1) is 0 Å². The van der Waals surface area contributed by atoms with Crippen LogP contribution in [-0.4, -0.2) is 26.7 Å². The first kappa shape index (κ1) is 14.5. The minimum atomic E-state index is -1.56. The molecule has 0 atom stereocenters. The summed E-state index contributed by atoms with van der Waals surface area (Å²) in [5.41, 5.74) is 1.82. The summed E-state index contributed by atoms with van der Waals surface area (Å²) in [6.45, 7) is 0.552. The number of fused-ring (bicyclic) bond motifs is 1. The highest BCUT2D eigenvalue weighted by Crippen LogP contribution is 2.05. The zero-order valence-electron chi connectivity index (χ0n) is 11.9. The highest BCUT2D eigenvalue weighted by atomic mass is 16.4. The smallest absolute Gasteiger partial charge is 0.423 e. The molecule has 3 aromatic rings. The molecular formula is C16H15BN2O3. The molecule has 0 bridgehead atoms. The molecule has 0 amide bonds. The van der Waals surface area contributed by atoms with Crippen molar-refractivity contribution in [3.8, 4) is 0 Å². The van der Waals surface area contributed by atoms with Gasteiger partial charge in [0, 0.05) is 6.54 Å². The van der Waals surface area contributed by atoms with Gasteiger partial charge in [0.05, 0.1) is 17.2 Å². The molecule has 0 saturated heterocycles.